The summed E-state index contributed by atoms with van der Waals surface area (Å²) in [7, 11) is 0. The quantitative estimate of drug-likeness (QED) is 0.131. The van der Waals surface area contributed by atoms with E-state index in [2.05, 4.69) is 56.4 Å². The molecule has 0 aromatic carbocycles. The van der Waals surface area contributed by atoms with E-state index in [1.54, 1.807) is 0 Å². The maximum absolute atomic E-state index is 13.0. The van der Waals surface area contributed by atoms with Crippen molar-refractivity contribution in [3.05, 3.63) is 0 Å². The van der Waals surface area contributed by atoms with Crippen LogP contribution in [0.1, 0.15) is 52.4 Å². The molecule has 4 aliphatic rings. The van der Waals surface area contributed by atoms with Crippen LogP contribution in [0.25, 0.3) is 0 Å². The number of rotatable bonds is 10. The summed E-state index contributed by atoms with van der Waals surface area (Å²) in [5.74, 6) is -1.59. The molecule has 0 aromatic rings. The van der Waals surface area contributed by atoms with Gasteiger partial charge >= 0.3 is 11.9 Å². The van der Waals surface area contributed by atoms with Gasteiger partial charge < -0.3 is 52.7 Å². The number of hydrogen-bond donors (Lipinski definition) is 10. The van der Waals surface area contributed by atoms with Gasteiger partial charge in [-0.3, -0.25) is 19.2 Å². The van der Waals surface area contributed by atoms with Crippen molar-refractivity contribution in [1.29, 1.82) is 0 Å². The molecule has 3 unspecified atom stereocenters. The third-order valence-corrected chi connectivity index (χ3v) is 8.99. The van der Waals surface area contributed by atoms with Crippen molar-refractivity contribution in [2.75, 3.05) is 78.5 Å². The van der Waals surface area contributed by atoms with Crippen molar-refractivity contribution in [3.8, 4) is 0 Å². The van der Waals surface area contributed by atoms with Gasteiger partial charge in [0.05, 0.1) is 11.1 Å². The van der Waals surface area contributed by atoms with Gasteiger partial charge in [-0.05, 0) is 56.3 Å². The molecule has 4 heterocycles. The molecule has 0 saturated carbocycles. The van der Waals surface area contributed by atoms with Crippen LogP contribution in [-0.2, 0) is 19.2 Å². The van der Waals surface area contributed by atoms with E-state index in [0.29, 0.717) is 65.2 Å². The minimum atomic E-state index is -0.901. The minimum Gasteiger partial charge on any atom is -0.481 e. The maximum atomic E-state index is 13.0. The molecule has 5 atom stereocenters. The molecule has 4 rings (SSSR count). The summed E-state index contributed by atoms with van der Waals surface area (Å²) < 4.78 is 0. The van der Waals surface area contributed by atoms with Crippen LogP contribution >= 0.6 is 0 Å². The monoisotopic (exact) mass is 610 g/mol. The van der Waals surface area contributed by atoms with Gasteiger partial charge in [0.1, 0.15) is 0 Å². The normalized spacial score (nSPS) is 32.6. The molecule has 4 bridgehead atoms. The molecule has 0 aliphatic carbocycles. The highest BCUT2D eigenvalue weighted by Crippen LogP contribution is 2.28. The van der Waals surface area contributed by atoms with Gasteiger partial charge in [-0.1, -0.05) is 13.8 Å². The second-order valence-corrected chi connectivity index (χ2v) is 13.3. The summed E-state index contributed by atoms with van der Waals surface area (Å²) in [6.45, 7) is 12.0. The van der Waals surface area contributed by atoms with E-state index >= 15 is 0 Å². The van der Waals surface area contributed by atoms with Crippen molar-refractivity contribution in [1.82, 2.24) is 42.5 Å². The van der Waals surface area contributed by atoms with Crippen LogP contribution in [-0.4, -0.2) is 124 Å². The first-order chi connectivity index (χ1) is 20.4. The first-order valence-corrected chi connectivity index (χ1v) is 15.7. The van der Waals surface area contributed by atoms with Crippen LogP contribution in [0.3, 0.4) is 0 Å². The molecular weight excluding hydrogens is 556 g/mol. The third kappa shape index (κ3) is 11.6. The predicted molar refractivity (Wildman–Crippen MR) is 163 cm³/mol. The van der Waals surface area contributed by atoms with Crippen molar-refractivity contribution in [3.63, 3.8) is 0 Å². The van der Waals surface area contributed by atoms with E-state index in [-0.39, 0.29) is 54.7 Å². The van der Waals surface area contributed by atoms with Crippen LogP contribution in [0, 0.1) is 17.3 Å². The Morgan fingerprint density at radius 1 is 0.605 bits per heavy atom. The number of carboxylic acid groups (broad SMARTS) is 2. The Labute approximate surface area is 255 Å². The largest absolute Gasteiger partial charge is 0.481 e. The molecule has 4 saturated heterocycles. The standard InChI is InChI=1S/C29H54N8O6/c1-21-9-30-15-28(36-23(38)5-3-7-25(40)41)17-32-11-22-12-33-18-29(16-31-10-21,37-24(39)6-4-8-26(42)43)20-35-14-27(22,2)13-34-19-28/h21-22,30-35H,3-20H2,1-2H3,(H,36,38)(H,37,39)(H,40,41)(H,42,43)/t21?,22?,27?,28-,29+. The van der Waals surface area contributed by atoms with Gasteiger partial charge in [0.2, 0.25) is 11.8 Å². The second-order valence-electron chi connectivity index (χ2n) is 13.3. The van der Waals surface area contributed by atoms with E-state index in [0.717, 1.165) is 26.2 Å². The SMILES string of the molecule is CC1CNC[C@]2(NC(=O)CCCC(=O)O)CNCC3CNC[C@](NC(=O)CCCC(=O)O)(CNC1)CNCC3(C)CNC2. The number of carbonyl (C=O) groups excluding carboxylic acids is 2. The summed E-state index contributed by atoms with van der Waals surface area (Å²) >= 11 is 0. The molecule has 2 amide bonds. The second kappa shape index (κ2) is 16.6. The number of hydrogen-bond acceptors (Lipinski definition) is 10. The minimum absolute atomic E-state index is 0.0323. The van der Waals surface area contributed by atoms with E-state index < -0.39 is 23.0 Å². The summed E-state index contributed by atoms with van der Waals surface area (Å²) in [4.78, 5) is 47.8. The van der Waals surface area contributed by atoms with Gasteiger partial charge in [0.15, 0.2) is 0 Å². The highest BCUT2D eigenvalue weighted by atomic mass is 16.4. The molecule has 0 aromatic heterocycles. The van der Waals surface area contributed by atoms with Crippen LogP contribution in [0.5, 0.6) is 0 Å². The zero-order valence-electron chi connectivity index (χ0n) is 25.9. The summed E-state index contributed by atoms with van der Waals surface area (Å²) in [6.07, 6.45) is 0.873. The lowest BCUT2D eigenvalue weighted by Crippen LogP contribution is -2.66. The summed E-state index contributed by atoms with van der Waals surface area (Å²) in [6, 6.07) is 0. The van der Waals surface area contributed by atoms with E-state index in [4.69, 9.17) is 10.2 Å². The van der Waals surface area contributed by atoms with E-state index in [9.17, 15) is 19.2 Å². The lowest BCUT2D eigenvalue weighted by atomic mass is 9.76. The average molecular weight is 611 g/mol. The number of nitrogens with one attached hydrogen (secondary N) is 8. The van der Waals surface area contributed by atoms with Crippen molar-refractivity contribution >= 4 is 23.8 Å². The lowest BCUT2D eigenvalue weighted by Gasteiger charge is -2.38. The topological polar surface area (TPSA) is 205 Å². The highest BCUT2D eigenvalue weighted by Gasteiger charge is 2.41. The molecular formula is C29H54N8O6. The Balaban J connectivity index is 1.79. The fraction of sp³-hybridized carbons (Fsp3) is 0.862. The van der Waals surface area contributed by atoms with E-state index in [1.165, 1.54) is 0 Å². The van der Waals surface area contributed by atoms with Gasteiger partial charge in [-0.15, -0.1) is 0 Å². The molecule has 10 N–H and O–H groups in total. The molecule has 4 fully saturated rings. The predicted octanol–water partition coefficient (Wildman–Crippen LogP) is -1.96. The smallest absolute Gasteiger partial charge is 0.303 e. The van der Waals surface area contributed by atoms with Gasteiger partial charge in [-0.2, -0.15) is 0 Å². The van der Waals surface area contributed by atoms with Crippen LogP contribution in [0.4, 0.5) is 0 Å². The number of carboxylic acids is 2. The fourth-order valence-electron chi connectivity index (χ4n) is 6.41. The van der Waals surface area contributed by atoms with Crippen LogP contribution in [0.2, 0.25) is 0 Å². The zero-order valence-corrected chi connectivity index (χ0v) is 25.9. The Bertz CT molecular complexity index is 886. The molecule has 0 spiro atoms. The number of amides is 2. The Kier molecular flexibility index (Phi) is 13.6. The maximum Gasteiger partial charge on any atom is 0.303 e. The van der Waals surface area contributed by atoms with Crippen molar-refractivity contribution < 1.29 is 29.4 Å². The molecule has 4 aliphatic heterocycles. The van der Waals surface area contributed by atoms with Gasteiger partial charge in [-0.25, -0.2) is 0 Å². The zero-order chi connectivity index (χ0) is 31.3. The number of aliphatic carboxylic acids is 2. The van der Waals surface area contributed by atoms with Crippen LogP contribution < -0.4 is 42.5 Å². The molecule has 14 nitrogen and oxygen atoms in total. The third-order valence-electron chi connectivity index (χ3n) is 8.99. The number of carbonyl (C=O) groups is 4. The van der Waals surface area contributed by atoms with Crippen molar-refractivity contribution in [2.24, 2.45) is 17.3 Å². The van der Waals surface area contributed by atoms with Crippen LogP contribution in [0.15, 0.2) is 0 Å². The fourth-order valence-corrected chi connectivity index (χ4v) is 6.41. The first-order valence-electron chi connectivity index (χ1n) is 15.7. The molecule has 0 radical (unpaired) electrons. The summed E-state index contributed by atoms with van der Waals surface area (Å²) in [5, 5.41) is 46.3. The van der Waals surface area contributed by atoms with Gasteiger partial charge in [0, 0.05) is 78.0 Å². The Hall–Kier alpha value is -2.36. The highest BCUT2D eigenvalue weighted by molar-refractivity contribution is 5.78. The number of fused-ring (bicyclic) bond motifs is 14. The molecule has 14 heteroatoms. The van der Waals surface area contributed by atoms with Crippen molar-refractivity contribution in [2.45, 2.75) is 63.5 Å². The first kappa shape index (κ1) is 35.1. The Morgan fingerprint density at radius 2 is 0.977 bits per heavy atom. The molecule has 43 heavy (non-hydrogen) atoms. The molecule has 246 valence electrons. The lowest BCUT2D eigenvalue weighted by molar-refractivity contribution is -0.138. The van der Waals surface area contributed by atoms with E-state index in [1.807, 2.05) is 0 Å². The van der Waals surface area contributed by atoms with Gasteiger partial charge in [0.25, 0.3) is 0 Å². The average Bonchev–Trinajstić information content (AvgIpc) is 3.00. The Morgan fingerprint density at radius 3 is 1.37 bits per heavy atom. The summed E-state index contributed by atoms with van der Waals surface area (Å²) in [5.41, 5.74) is -1.31.